The quantitative estimate of drug-likeness (QED) is 0.702. The van der Waals surface area contributed by atoms with Gasteiger partial charge in [-0.2, -0.15) is 0 Å². The first-order chi connectivity index (χ1) is 5.96. The van der Waals surface area contributed by atoms with Crippen LogP contribution in [0.5, 0.6) is 0 Å². The lowest BCUT2D eigenvalue weighted by Gasteiger charge is -2.51. The topological polar surface area (TPSA) is 32.3 Å². The van der Waals surface area contributed by atoms with Crippen molar-refractivity contribution in [2.45, 2.75) is 46.1 Å². The molecule has 0 amide bonds. The Bertz CT molecular complexity index is 162. The summed E-state index contributed by atoms with van der Waals surface area (Å²) in [5.41, 5.74) is 0.394. The van der Waals surface area contributed by atoms with E-state index in [2.05, 4.69) is 26.1 Å². The zero-order chi connectivity index (χ0) is 10.1. The highest BCUT2D eigenvalue weighted by molar-refractivity contribution is 5.01. The maximum absolute atomic E-state index is 9.46. The van der Waals surface area contributed by atoms with Gasteiger partial charge in [0.25, 0.3) is 0 Å². The molecule has 2 N–H and O–H groups in total. The normalized spacial score (nSPS) is 23.8. The molecule has 0 aromatic carbocycles. The van der Waals surface area contributed by atoms with Crippen molar-refractivity contribution in [2.24, 2.45) is 10.8 Å². The van der Waals surface area contributed by atoms with Gasteiger partial charge in [-0.1, -0.05) is 27.2 Å². The van der Waals surface area contributed by atoms with Gasteiger partial charge in [-0.3, -0.25) is 0 Å². The smallest absolute Gasteiger partial charge is 0.0502 e. The Hall–Kier alpha value is -0.0800. The third kappa shape index (κ3) is 1.89. The highest BCUT2D eigenvalue weighted by Crippen LogP contribution is 2.48. The number of aliphatic hydroxyl groups excluding tert-OH is 1. The summed E-state index contributed by atoms with van der Waals surface area (Å²) in [5.74, 6) is 0. The van der Waals surface area contributed by atoms with Crippen molar-refractivity contribution < 1.29 is 5.11 Å². The van der Waals surface area contributed by atoms with Crippen LogP contribution in [0.4, 0.5) is 0 Å². The molecular weight excluding hydrogens is 162 g/mol. The molecule has 13 heavy (non-hydrogen) atoms. The minimum atomic E-state index is 0.160. The third-order valence-electron chi connectivity index (χ3n) is 3.43. The Kier molecular flexibility index (Phi) is 3.03. The molecule has 78 valence electrons. The summed E-state index contributed by atoms with van der Waals surface area (Å²) in [6, 6.07) is 0.429. The van der Waals surface area contributed by atoms with E-state index in [1.807, 2.05) is 7.05 Å². The van der Waals surface area contributed by atoms with E-state index in [1.165, 1.54) is 19.3 Å². The van der Waals surface area contributed by atoms with Crippen molar-refractivity contribution in [3.05, 3.63) is 0 Å². The van der Waals surface area contributed by atoms with Gasteiger partial charge >= 0.3 is 0 Å². The summed E-state index contributed by atoms with van der Waals surface area (Å²) in [6.45, 7) is 7.05. The molecule has 1 aliphatic carbocycles. The number of aliphatic hydroxyl groups is 1. The van der Waals surface area contributed by atoms with Crippen molar-refractivity contribution >= 4 is 0 Å². The molecule has 0 saturated heterocycles. The van der Waals surface area contributed by atoms with E-state index in [1.54, 1.807) is 0 Å². The molecule has 0 bridgehead atoms. The molecule has 1 fully saturated rings. The van der Waals surface area contributed by atoms with Crippen LogP contribution in [-0.2, 0) is 0 Å². The Morgan fingerprint density at radius 3 is 2.00 bits per heavy atom. The number of rotatable bonds is 3. The molecule has 0 aliphatic heterocycles. The molecule has 0 heterocycles. The first-order valence-corrected chi connectivity index (χ1v) is 5.24. The van der Waals surface area contributed by atoms with Gasteiger partial charge in [0.2, 0.25) is 0 Å². The van der Waals surface area contributed by atoms with Crippen molar-refractivity contribution in [3.8, 4) is 0 Å². The lowest BCUT2D eigenvalue weighted by Crippen LogP contribution is -2.56. The number of nitrogens with one attached hydrogen (secondary N) is 1. The number of hydrogen-bond acceptors (Lipinski definition) is 2. The Morgan fingerprint density at radius 2 is 1.92 bits per heavy atom. The molecular formula is C11H23NO. The average molecular weight is 185 g/mol. The second-order valence-corrected chi connectivity index (χ2v) is 5.46. The standard InChI is InChI=1S/C11H23NO/c1-10(2,3)9(12-4)11(8-13)6-5-7-11/h9,12-13H,5-8H2,1-4H3. The molecule has 2 heteroatoms. The molecule has 1 unspecified atom stereocenters. The van der Waals surface area contributed by atoms with Crippen LogP contribution in [0.1, 0.15) is 40.0 Å². The number of hydrogen-bond donors (Lipinski definition) is 2. The van der Waals surface area contributed by atoms with Crippen LogP contribution in [0, 0.1) is 10.8 Å². The summed E-state index contributed by atoms with van der Waals surface area (Å²) < 4.78 is 0. The van der Waals surface area contributed by atoms with Crippen LogP contribution in [0.15, 0.2) is 0 Å². The molecule has 1 aliphatic rings. The summed E-state index contributed by atoms with van der Waals surface area (Å²) >= 11 is 0. The van der Waals surface area contributed by atoms with Gasteiger partial charge in [0.15, 0.2) is 0 Å². The summed E-state index contributed by atoms with van der Waals surface area (Å²) in [7, 11) is 2.01. The van der Waals surface area contributed by atoms with Crippen LogP contribution in [0.2, 0.25) is 0 Å². The molecule has 0 aromatic rings. The highest BCUT2D eigenvalue weighted by atomic mass is 16.3. The lowest BCUT2D eigenvalue weighted by atomic mass is 9.58. The molecule has 0 aromatic heterocycles. The van der Waals surface area contributed by atoms with Crippen LogP contribution < -0.4 is 5.32 Å². The monoisotopic (exact) mass is 185 g/mol. The van der Waals surface area contributed by atoms with E-state index in [9.17, 15) is 5.11 Å². The van der Waals surface area contributed by atoms with Gasteiger partial charge in [-0.25, -0.2) is 0 Å². The minimum absolute atomic E-state index is 0.160. The van der Waals surface area contributed by atoms with E-state index in [0.29, 0.717) is 12.6 Å². The van der Waals surface area contributed by atoms with Gasteiger partial charge in [0.05, 0.1) is 6.61 Å². The molecule has 1 rings (SSSR count). The lowest BCUT2D eigenvalue weighted by molar-refractivity contribution is -0.0289. The Morgan fingerprint density at radius 1 is 1.38 bits per heavy atom. The van der Waals surface area contributed by atoms with E-state index >= 15 is 0 Å². The average Bonchev–Trinajstić information content (AvgIpc) is 1.93. The van der Waals surface area contributed by atoms with Crippen molar-refractivity contribution in [3.63, 3.8) is 0 Å². The van der Waals surface area contributed by atoms with Gasteiger partial charge in [0.1, 0.15) is 0 Å². The van der Waals surface area contributed by atoms with Crippen LogP contribution in [0.3, 0.4) is 0 Å². The zero-order valence-corrected chi connectivity index (χ0v) is 9.35. The van der Waals surface area contributed by atoms with Gasteiger partial charge in [-0.05, 0) is 25.3 Å². The van der Waals surface area contributed by atoms with E-state index in [0.717, 1.165) is 0 Å². The summed E-state index contributed by atoms with van der Waals surface area (Å²) in [5, 5.41) is 12.8. The predicted octanol–water partition coefficient (Wildman–Crippen LogP) is 1.78. The minimum Gasteiger partial charge on any atom is -0.396 e. The first-order valence-electron chi connectivity index (χ1n) is 5.24. The fourth-order valence-electron chi connectivity index (χ4n) is 2.83. The van der Waals surface area contributed by atoms with Gasteiger partial charge in [-0.15, -0.1) is 0 Å². The molecule has 2 nitrogen and oxygen atoms in total. The van der Waals surface area contributed by atoms with Gasteiger partial charge < -0.3 is 10.4 Å². The fourth-order valence-corrected chi connectivity index (χ4v) is 2.83. The van der Waals surface area contributed by atoms with Gasteiger partial charge in [0, 0.05) is 11.5 Å². The van der Waals surface area contributed by atoms with E-state index < -0.39 is 0 Å². The second kappa shape index (κ2) is 3.58. The maximum Gasteiger partial charge on any atom is 0.0502 e. The predicted molar refractivity (Wildman–Crippen MR) is 55.7 cm³/mol. The third-order valence-corrected chi connectivity index (χ3v) is 3.43. The Balaban J connectivity index is 2.75. The SMILES string of the molecule is CNC(C(C)(C)C)C1(CO)CCC1. The van der Waals surface area contributed by atoms with Crippen LogP contribution in [-0.4, -0.2) is 24.8 Å². The molecule has 1 atom stereocenters. The van der Waals surface area contributed by atoms with Crippen molar-refractivity contribution in [1.29, 1.82) is 0 Å². The summed E-state index contributed by atoms with van der Waals surface area (Å²) in [4.78, 5) is 0. The second-order valence-electron chi connectivity index (χ2n) is 5.46. The van der Waals surface area contributed by atoms with Crippen LogP contribution in [0.25, 0.3) is 0 Å². The largest absolute Gasteiger partial charge is 0.396 e. The highest BCUT2D eigenvalue weighted by Gasteiger charge is 2.47. The van der Waals surface area contributed by atoms with Crippen molar-refractivity contribution in [1.82, 2.24) is 5.32 Å². The first kappa shape index (κ1) is 11.0. The Labute approximate surface area is 81.7 Å². The van der Waals surface area contributed by atoms with E-state index in [-0.39, 0.29) is 10.8 Å². The fraction of sp³-hybridized carbons (Fsp3) is 1.00. The van der Waals surface area contributed by atoms with Crippen LogP contribution >= 0.6 is 0 Å². The van der Waals surface area contributed by atoms with E-state index in [4.69, 9.17) is 0 Å². The molecule has 1 saturated carbocycles. The summed E-state index contributed by atoms with van der Waals surface area (Å²) in [6.07, 6.45) is 3.62. The van der Waals surface area contributed by atoms with Crippen molar-refractivity contribution in [2.75, 3.05) is 13.7 Å². The zero-order valence-electron chi connectivity index (χ0n) is 9.35. The maximum atomic E-state index is 9.46. The molecule has 0 spiro atoms. The molecule has 0 radical (unpaired) electrons.